The van der Waals surface area contributed by atoms with E-state index in [9.17, 15) is 19.5 Å². The zero-order chi connectivity index (χ0) is 24.9. The van der Waals surface area contributed by atoms with Crippen LogP contribution in [0.5, 0.6) is 0 Å². The summed E-state index contributed by atoms with van der Waals surface area (Å²) in [5.74, 6) is -1.92. The maximum Gasteiger partial charge on any atom is 0.305 e. The van der Waals surface area contributed by atoms with Gasteiger partial charge in [0.15, 0.2) is 0 Å². The maximum absolute atomic E-state index is 13.1. The third kappa shape index (κ3) is 5.95. The Morgan fingerprint density at radius 2 is 1.56 bits per heavy atom. The highest BCUT2D eigenvalue weighted by Gasteiger charge is 2.37. The van der Waals surface area contributed by atoms with E-state index in [1.165, 1.54) is 7.05 Å². The van der Waals surface area contributed by atoms with Crippen molar-refractivity contribution in [3.05, 3.63) is 67.0 Å². The van der Waals surface area contributed by atoms with Gasteiger partial charge in [-0.1, -0.05) is 63.2 Å². The summed E-state index contributed by atoms with van der Waals surface area (Å²) in [7, 11) is 1.51. The van der Waals surface area contributed by atoms with Gasteiger partial charge in [-0.05, 0) is 28.7 Å². The van der Waals surface area contributed by atoms with Crippen molar-refractivity contribution < 1.29 is 19.5 Å². The van der Waals surface area contributed by atoms with Crippen LogP contribution < -0.4 is 15.5 Å². The highest BCUT2D eigenvalue weighted by Crippen LogP contribution is 2.26. The van der Waals surface area contributed by atoms with Crippen LogP contribution in [0.3, 0.4) is 0 Å². The Balaban J connectivity index is 1.73. The number of likely N-dealkylation sites (N-methyl/N-ethyl adjacent to an activating group) is 1. The monoisotopic (exact) mass is 464 g/mol. The lowest BCUT2D eigenvalue weighted by molar-refractivity contribution is -0.142. The number of carbonyl (C=O) groups excluding carboxylic acids is 2. The quantitative estimate of drug-likeness (QED) is 0.555. The largest absolute Gasteiger partial charge is 0.481 e. The van der Waals surface area contributed by atoms with Crippen molar-refractivity contribution in [2.24, 2.45) is 5.41 Å². The molecule has 0 fully saturated rings. The second-order valence-corrected chi connectivity index (χ2v) is 9.37. The van der Waals surface area contributed by atoms with Crippen LogP contribution in [-0.4, -0.2) is 53.6 Å². The van der Waals surface area contributed by atoms with Crippen molar-refractivity contribution in [3.63, 3.8) is 0 Å². The molecule has 3 N–H and O–H groups in total. The molecule has 2 amide bonds. The summed E-state index contributed by atoms with van der Waals surface area (Å²) >= 11 is 0. The molecule has 1 unspecified atom stereocenters. The minimum atomic E-state index is -1.09. The van der Waals surface area contributed by atoms with Crippen LogP contribution in [0.1, 0.15) is 27.2 Å². The van der Waals surface area contributed by atoms with E-state index in [4.69, 9.17) is 0 Å². The van der Waals surface area contributed by atoms with Gasteiger partial charge in [0.25, 0.3) is 0 Å². The van der Waals surface area contributed by atoms with Crippen molar-refractivity contribution in [1.82, 2.24) is 15.5 Å². The molecule has 0 saturated carbocycles. The number of carbonyl (C=O) groups is 3. The zero-order valence-corrected chi connectivity index (χ0v) is 20.0. The Hall–Kier alpha value is -3.81. The topological polar surface area (TPSA) is 102 Å². The number of benzene rings is 2. The van der Waals surface area contributed by atoms with Gasteiger partial charge in [0.1, 0.15) is 12.1 Å². The van der Waals surface area contributed by atoms with Gasteiger partial charge in [-0.2, -0.15) is 0 Å². The van der Waals surface area contributed by atoms with Gasteiger partial charge in [-0.3, -0.25) is 14.4 Å². The van der Waals surface area contributed by atoms with Crippen molar-refractivity contribution in [3.8, 4) is 11.1 Å². The molecule has 2 aromatic rings. The molecule has 34 heavy (non-hydrogen) atoms. The molecule has 0 radical (unpaired) electrons. The summed E-state index contributed by atoms with van der Waals surface area (Å²) in [6.07, 6.45) is 3.14. The molecule has 8 nitrogen and oxygen atoms in total. The number of carboxylic acid groups (broad SMARTS) is 1. The standard InChI is InChI=1S/C26H32N4O4/c1-26(2,3)23(25(34)27-4)28-24(33)21(16-22(31)32)30-15-14-29(17-30)20-12-10-19(11-13-20)18-8-6-5-7-9-18/h5-15,21,23H,16-17H2,1-4H3,(H,27,34)(H,28,33)(H,31,32)/t21?,23-/m1/s1. The zero-order valence-electron chi connectivity index (χ0n) is 20.0. The van der Waals surface area contributed by atoms with E-state index >= 15 is 0 Å². The van der Waals surface area contributed by atoms with Crippen LogP contribution in [0.2, 0.25) is 0 Å². The van der Waals surface area contributed by atoms with Crippen LogP contribution in [0.15, 0.2) is 67.0 Å². The smallest absolute Gasteiger partial charge is 0.305 e. The van der Waals surface area contributed by atoms with E-state index in [0.29, 0.717) is 6.67 Å². The Morgan fingerprint density at radius 1 is 0.941 bits per heavy atom. The van der Waals surface area contributed by atoms with Gasteiger partial charge in [-0.25, -0.2) is 0 Å². The molecule has 0 aliphatic carbocycles. The average molecular weight is 465 g/mol. The molecule has 0 aromatic heterocycles. The number of rotatable bonds is 8. The predicted octanol–water partition coefficient (Wildman–Crippen LogP) is 3.02. The summed E-state index contributed by atoms with van der Waals surface area (Å²) < 4.78 is 0. The van der Waals surface area contributed by atoms with Crippen LogP contribution >= 0.6 is 0 Å². The number of nitrogens with one attached hydrogen (secondary N) is 2. The summed E-state index contributed by atoms with van der Waals surface area (Å²) in [6, 6.07) is 16.3. The first-order chi connectivity index (χ1) is 16.1. The van der Waals surface area contributed by atoms with Crippen molar-refractivity contribution in [2.75, 3.05) is 18.6 Å². The average Bonchev–Trinajstić information content (AvgIpc) is 3.30. The van der Waals surface area contributed by atoms with Gasteiger partial charge in [0.2, 0.25) is 11.8 Å². The lowest BCUT2D eigenvalue weighted by atomic mass is 9.86. The predicted molar refractivity (Wildman–Crippen MR) is 132 cm³/mol. The molecule has 0 spiro atoms. The Labute approximate surface area is 200 Å². The third-order valence-electron chi connectivity index (χ3n) is 5.79. The number of hydrogen-bond acceptors (Lipinski definition) is 5. The maximum atomic E-state index is 13.1. The van der Waals surface area contributed by atoms with Gasteiger partial charge < -0.3 is 25.5 Å². The molecule has 1 aliphatic heterocycles. The second kappa shape index (κ2) is 10.4. The van der Waals surface area contributed by atoms with E-state index < -0.39 is 29.4 Å². The number of carboxylic acids is 1. The van der Waals surface area contributed by atoms with E-state index in [1.807, 2.05) is 86.5 Å². The fourth-order valence-electron chi connectivity index (χ4n) is 3.87. The van der Waals surface area contributed by atoms with Crippen LogP contribution in [-0.2, 0) is 14.4 Å². The van der Waals surface area contributed by atoms with E-state index in [0.717, 1.165) is 16.8 Å². The van der Waals surface area contributed by atoms with Gasteiger partial charge in [0.05, 0.1) is 13.1 Å². The van der Waals surface area contributed by atoms with Crippen LogP contribution in [0.25, 0.3) is 11.1 Å². The minimum Gasteiger partial charge on any atom is -0.481 e. The molecular weight excluding hydrogens is 432 g/mol. The fourth-order valence-corrected chi connectivity index (χ4v) is 3.87. The van der Waals surface area contributed by atoms with Crippen LogP contribution in [0, 0.1) is 5.41 Å². The first kappa shape index (κ1) is 24.8. The first-order valence-electron chi connectivity index (χ1n) is 11.2. The summed E-state index contributed by atoms with van der Waals surface area (Å²) in [6.45, 7) is 5.85. The van der Waals surface area contributed by atoms with Gasteiger partial charge in [-0.15, -0.1) is 0 Å². The summed E-state index contributed by atoms with van der Waals surface area (Å²) in [5, 5.41) is 14.8. The molecule has 0 bridgehead atoms. The summed E-state index contributed by atoms with van der Waals surface area (Å²) in [4.78, 5) is 40.7. The molecule has 180 valence electrons. The molecule has 1 aliphatic rings. The number of hydrogen-bond donors (Lipinski definition) is 3. The van der Waals surface area contributed by atoms with E-state index in [-0.39, 0.29) is 12.3 Å². The summed E-state index contributed by atoms with van der Waals surface area (Å²) in [5.41, 5.74) is 2.59. The number of anilines is 1. The van der Waals surface area contributed by atoms with Gasteiger partial charge >= 0.3 is 5.97 Å². The highest BCUT2D eigenvalue weighted by atomic mass is 16.4. The number of amides is 2. The Kier molecular flexibility index (Phi) is 7.61. The molecule has 1 heterocycles. The number of aliphatic carboxylic acids is 1. The molecule has 0 saturated heterocycles. The van der Waals surface area contributed by atoms with E-state index in [2.05, 4.69) is 10.6 Å². The highest BCUT2D eigenvalue weighted by molar-refractivity contribution is 5.92. The Morgan fingerprint density at radius 3 is 2.12 bits per heavy atom. The number of nitrogens with zero attached hydrogens (tertiary/aromatic N) is 2. The molecular formula is C26H32N4O4. The van der Waals surface area contributed by atoms with E-state index in [1.54, 1.807) is 11.1 Å². The molecule has 3 rings (SSSR count). The van der Waals surface area contributed by atoms with Crippen LogP contribution in [0.4, 0.5) is 5.69 Å². The second-order valence-electron chi connectivity index (χ2n) is 9.37. The Bertz CT molecular complexity index is 1040. The normalized spacial score (nSPS) is 15.1. The first-order valence-corrected chi connectivity index (χ1v) is 11.2. The lowest BCUT2D eigenvalue weighted by Crippen LogP contribution is -2.57. The van der Waals surface area contributed by atoms with Crippen molar-refractivity contribution in [2.45, 2.75) is 39.3 Å². The van der Waals surface area contributed by atoms with Crippen molar-refractivity contribution in [1.29, 1.82) is 0 Å². The molecule has 8 heteroatoms. The molecule has 2 aromatic carbocycles. The molecule has 2 atom stereocenters. The SMILES string of the molecule is CNC(=O)[C@@H](NC(=O)C(CC(=O)O)N1C=CN(c2ccc(-c3ccccc3)cc2)C1)C(C)(C)C. The third-order valence-corrected chi connectivity index (χ3v) is 5.79. The minimum absolute atomic E-state index is 0.316. The van der Waals surface area contributed by atoms with Crippen molar-refractivity contribution >= 4 is 23.5 Å². The van der Waals surface area contributed by atoms with Gasteiger partial charge in [0, 0.05) is 25.1 Å². The lowest BCUT2D eigenvalue weighted by Gasteiger charge is -2.33. The fraction of sp³-hybridized carbons (Fsp3) is 0.346.